The lowest BCUT2D eigenvalue weighted by Gasteiger charge is -2.33. The van der Waals surface area contributed by atoms with Gasteiger partial charge < -0.3 is 15.3 Å². The highest BCUT2D eigenvalue weighted by molar-refractivity contribution is 7.18. The van der Waals surface area contributed by atoms with E-state index in [-0.39, 0.29) is 28.7 Å². The fourth-order valence-corrected chi connectivity index (χ4v) is 6.02. The van der Waals surface area contributed by atoms with Crippen LogP contribution in [0.4, 0.5) is 11.4 Å². The summed E-state index contributed by atoms with van der Waals surface area (Å²) in [4.78, 5) is 49.0. The van der Waals surface area contributed by atoms with E-state index in [1.807, 2.05) is 26.8 Å². The van der Waals surface area contributed by atoms with Gasteiger partial charge in [-0.15, -0.1) is 22.7 Å². The lowest BCUT2D eigenvalue weighted by atomic mass is 9.82. The van der Waals surface area contributed by atoms with E-state index in [2.05, 4.69) is 22.2 Å². The summed E-state index contributed by atoms with van der Waals surface area (Å²) in [6, 6.07) is 3.38. The summed E-state index contributed by atoms with van der Waals surface area (Å²) in [5.74, 6) is -0.862. The molecule has 3 aromatic heterocycles. The van der Waals surface area contributed by atoms with Crippen LogP contribution in [-0.4, -0.2) is 38.9 Å². The number of carboxylic acid groups (broad SMARTS) is 1. The van der Waals surface area contributed by atoms with Gasteiger partial charge in [0, 0.05) is 17.3 Å². The van der Waals surface area contributed by atoms with Crippen LogP contribution in [0, 0.1) is 18.8 Å². The third kappa shape index (κ3) is 5.49. The number of aromatic nitrogens is 2. The van der Waals surface area contributed by atoms with Gasteiger partial charge in [0.25, 0.3) is 5.91 Å². The molecular weight excluding hydrogens is 496 g/mol. The molecule has 2 N–H and O–H groups in total. The number of aryl methyl sites for hydroxylation is 1. The van der Waals surface area contributed by atoms with Crippen molar-refractivity contribution in [2.24, 2.45) is 11.8 Å². The largest absolute Gasteiger partial charge is 0.477 e. The molecule has 3 heterocycles. The molecule has 0 bridgehead atoms. The van der Waals surface area contributed by atoms with Crippen molar-refractivity contribution in [3.63, 3.8) is 0 Å². The van der Waals surface area contributed by atoms with Gasteiger partial charge in [-0.05, 0) is 70.1 Å². The number of anilines is 2. The second-order valence-corrected chi connectivity index (χ2v) is 11.4. The third-order valence-electron chi connectivity index (χ3n) is 6.56. The monoisotopic (exact) mass is 526 g/mol. The Labute approximate surface area is 218 Å². The molecule has 0 aromatic carbocycles. The van der Waals surface area contributed by atoms with Crippen LogP contribution in [0.25, 0.3) is 10.6 Å². The summed E-state index contributed by atoms with van der Waals surface area (Å²) < 4.78 is 0. The fraction of sp³-hybridized carbons (Fsp3) is 0.423. The molecule has 1 fully saturated rings. The molecule has 4 rings (SSSR count). The van der Waals surface area contributed by atoms with Crippen LogP contribution in [-0.2, 0) is 4.79 Å². The van der Waals surface area contributed by atoms with Gasteiger partial charge >= 0.3 is 5.97 Å². The van der Waals surface area contributed by atoms with Crippen molar-refractivity contribution in [3.8, 4) is 10.6 Å². The number of nitrogens with zero attached hydrogens (tertiary/aromatic N) is 3. The molecule has 8 nitrogen and oxygen atoms in total. The molecule has 1 aliphatic rings. The Kier molecular flexibility index (Phi) is 7.85. The van der Waals surface area contributed by atoms with E-state index in [0.717, 1.165) is 42.6 Å². The highest BCUT2D eigenvalue weighted by Crippen LogP contribution is 2.40. The van der Waals surface area contributed by atoms with Crippen LogP contribution < -0.4 is 10.2 Å². The van der Waals surface area contributed by atoms with Crippen molar-refractivity contribution in [2.75, 3.05) is 10.2 Å². The second kappa shape index (κ2) is 10.9. The fourth-order valence-electron chi connectivity index (χ4n) is 4.53. The van der Waals surface area contributed by atoms with Gasteiger partial charge in [0.2, 0.25) is 5.91 Å². The standard InChI is InChI=1S/C26H30N4O4S2/c1-14(2)30(25(32)17-7-5-15(3)6-8-17)21-10-22(36-23(21)26(33)34)18-9-16(4)19(11-27-18)29-24(31)20-12-35-13-28-20/h9-15,17H,5-8H2,1-4H3,(H,29,31)(H,33,34). The molecular formula is C26H30N4O4S2. The zero-order valence-electron chi connectivity index (χ0n) is 20.8. The van der Waals surface area contributed by atoms with E-state index in [4.69, 9.17) is 0 Å². The first kappa shape index (κ1) is 26.0. The molecule has 1 aliphatic carbocycles. The number of carbonyl (C=O) groups is 3. The number of thiophene rings is 1. The predicted molar refractivity (Wildman–Crippen MR) is 143 cm³/mol. The summed E-state index contributed by atoms with van der Waals surface area (Å²) in [5, 5.41) is 14.5. The van der Waals surface area contributed by atoms with Gasteiger partial charge in [-0.25, -0.2) is 9.78 Å². The van der Waals surface area contributed by atoms with E-state index < -0.39 is 5.97 Å². The number of carboxylic acids is 1. The highest BCUT2D eigenvalue weighted by atomic mass is 32.1. The van der Waals surface area contributed by atoms with E-state index in [1.165, 1.54) is 11.3 Å². The summed E-state index contributed by atoms with van der Waals surface area (Å²) in [6.07, 6.45) is 5.24. The van der Waals surface area contributed by atoms with E-state index in [9.17, 15) is 19.5 Å². The van der Waals surface area contributed by atoms with Crippen molar-refractivity contribution >= 4 is 51.8 Å². The number of thiazole rings is 1. The topological polar surface area (TPSA) is 112 Å². The van der Waals surface area contributed by atoms with Crippen molar-refractivity contribution in [3.05, 3.63) is 45.4 Å². The molecule has 10 heteroatoms. The number of carbonyl (C=O) groups excluding carboxylic acids is 2. The Morgan fingerprint density at radius 1 is 1.14 bits per heavy atom. The molecule has 0 aliphatic heterocycles. The maximum absolute atomic E-state index is 13.5. The summed E-state index contributed by atoms with van der Waals surface area (Å²) >= 11 is 2.45. The molecule has 190 valence electrons. The van der Waals surface area contributed by atoms with Gasteiger partial charge in [0.05, 0.1) is 33.7 Å². The minimum absolute atomic E-state index is 0.00649. The number of pyridine rings is 1. The number of hydrogen-bond donors (Lipinski definition) is 2. The van der Waals surface area contributed by atoms with Crippen LogP contribution in [0.15, 0.2) is 29.2 Å². The van der Waals surface area contributed by atoms with E-state index in [0.29, 0.717) is 33.6 Å². The summed E-state index contributed by atoms with van der Waals surface area (Å²) in [6.45, 7) is 7.88. The smallest absolute Gasteiger partial charge is 0.348 e. The average Bonchev–Trinajstić information content (AvgIpc) is 3.51. The van der Waals surface area contributed by atoms with Crippen LogP contribution >= 0.6 is 22.7 Å². The van der Waals surface area contributed by atoms with Crippen molar-refractivity contribution in [1.82, 2.24) is 9.97 Å². The van der Waals surface area contributed by atoms with Crippen LogP contribution in [0.5, 0.6) is 0 Å². The van der Waals surface area contributed by atoms with E-state index in [1.54, 1.807) is 28.1 Å². The van der Waals surface area contributed by atoms with Gasteiger partial charge in [-0.1, -0.05) is 6.92 Å². The maximum Gasteiger partial charge on any atom is 0.348 e. The summed E-state index contributed by atoms with van der Waals surface area (Å²) in [5.41, 5.74) is 4.27. The minimum Gasteiger partial charge on any atom is -0.477 e. The van der Waals surface area contributed by atoms with E-state index >= 15 is 0 Å². The third-order valence-corrected chi connectivity index (χ3v) is 8.28. The highest BCUT2D eigenvalue weighted by Gasteiger charge is 2.33. The maximum atomic E-state index is 13.5. The molecule has 0 spiro atoms. The second-order valence-electron chi connectivity index (χ2n) is 9.60. The lowest BCUT2D eigenvalue weighted by Crippen LogP contribution is -2.42. The Hall–Kier alpha value is -3.11. The Morgan fingerprint density at radius 3 is 2.44 bits per heavy atom. The molecule has 0 unspecified atom stereocenters. The van der Waals surface area contributed by atoms with Crippen LogP contribution in [0.1, 0.15) is 72.2 Å². The van der Waals surface area contributed by atoms with Gasteiger partial charge in [0.1, 0.15) is 10.6 Å². The van der Waals surface area contributed by atoms with Crippen LogP contribution in [0.2, 0.25) is 0 Å². The minimum atomic E-state index is -1.07. The number of rotatable bonds is 7. The number of aromatic carboxylic acids is 1. The van der Waals surface area contributed by atoms with Gasteiger partial charge in [-0.2, -0.15) is 0 Å². The Bertz CT molecular complexity index is 1260. The number of hydrogen-bond acceptors (Lipinski definition) is 7. The first-order valence-corrected chi connectivity index (χ1v) is 13.8. The number of nitrogens with one attached hydrogen (secondary N) is 1. The van der Waals surface area contributed by atoms with Crippen molar-refractivity contribution in [1.29, 1.82) is 0 Å². The Balaban J connectivity index is 1.63. The van der Waals surface area contributed by atoms with Gasteiger partial charge in [0.15, 0.2) is 0 Å². The first-order chi connectivity index (χ1) is 17.2. The first-order valence-electron chi connectivity index (χ1n) is 12.0. The Morgan fingerprint density at radius 2 is 1.86 bits per heavy atom. The normalized spacial score (nSPS) is 17.7. The van der Waals surface area contributed by atoms with Gasteiger partial charge in [-0.3, -0.25) is 14.6 Å². The molecule has 0 saturated heterocycles. The quantitative estimate of drug-likeness (QED) is 0.385. The molecule has 0 atom stereocenters. The molecule has 36 heavy (non-hydrogen) atoms. The van der Waals surface area contributed by atoms with Crippen LogP contribution in [0.3, 0.4) is 0 Å². The SMILES string of the molecule is Cc1cc(-c2cc(N(C(=O)C3CCC(C)CC3)C(C)C)c(C(=O)O)s2)ncc1NC(=O)c1cscn1. The summed E-state index contributed by atoms with van der Waals surface area (Å²) in [7, 11) is 0. The zero-order chi connectivity index (χ0) is 26.0. The predicted octanol–water partition coefficient (Wildman–Crippen LogP) is 6.09. The molecule has 1 saturated carbocycles. The number of amides is 2. The average molecular weight is 527 g/mol. The lowest BCUT2D eigenvalue weighted by molar-refractivity contribution is -0.123. The molecule has 0 radical (unpaired) electrons. The molecule has 3 aromatic rings. The zero-order valence-corrected chi connectivity index (χ0v) is 22.4. The van der Waals surface area contributed by atoms with Crippen molar-refractivity contribution < 1.29 is 19.5 Å². The molecule has 2 amide bonds. The van der Waals surface area contributed by atoms with Crippen molar-refractivity contribution in [2.45, 2.75) is 59.4 Å².